The fourth-order valence-corrected chi connectivity index (χ4v) is 3.29. The van der Waals surface area contributed by atoms with Gasteiger partial charge < -0.3 is 10.2 Å². The van der Waals surface area contributed by atoms with Crippen molar-refractivity contribution in [3.63, 3.8) is 0 Å². The van der Waals surface area contributed by atoms with Crippen molar-refractivity contribution < 1.29 is 19.8 Å². The van der Waals surface area contributed by atoms with E-state index in [4.69, 9.17) is 5.11 Å². The molecule has 0 radical (unpaired) electrons. The number of carbonyl (C=O) groups is 2. The zero-order chi connectivity index (χ0) is 14.4. The molecule has 2 N–H and O–H groups in total. The minimum Gasteiger partial charge on any atom is -0.478 e. The number of ketones is 1. The van der Waals surface area contributed by atoms with Gasteiger partial charge in [0.15, 0.2) is 5.78 Å². The normalized spacial score (nSPS) is 35.0. The van der Waals surface area contributed by atoms with Gasteiger partial charge in [-0.05, 0) is 49.2 Å². The number of fused-ring (bicyclic) bond motifs is 1. The molecular formula is C15H20O4. The van der Waals surface area contributed by atoms with Crippen molar-refractivity contribution in [3.05, 3.63) is 23.3 Å². The second-order valence-corrected chi connectivity index (χ2v) is 5.84. The topological polar surface area (TPSA) is 74.6 Å². The van der Waals surface area contributed by atoms with Crippen LogP contribution in [0.2, 0.25) is 0 Å². The third kappa shape index (κ3) is 2.14. The molecule has 0 heterocycles. The summed E-state index contributed by atoms with van der Waals surface area (Å²) in [6.45, 7) is 7.30. The Kier molecular flexibility index (Phi) is 3.39. The summed E-state index contributed by atoms with van der Waals surface area (Å²) < 4.78 is 0. The standard InChI is InChI=1S/C15H20O4/c1-8-4-5-11(9(2)14(17)18)6-12-10(3)13(16)7-15(8,12)19/h8,11,19H,2,4-7H2,1,3H3,(H,17,18)/t8-,11+,15+/m0/s1. The maximum absolute atomic E-state index is 11.9. The molecule has 2 aliphatic rings. The van der Waals surface area contributed by atoms with Gasteiger partial charge in [-0.3, -0.25) is 4.79 Å². The van der Waals surface area contributed by atoms with Crippen LogP contribution < -0.4 is 0 Å². The molecule has 0 aromatic heterocycles. The van der Waals surface area contributed by atoms with Crippen LogP contribution in [-0.4, -0.2) is 27.6 Å². The van der Waals surface area contributed by atoms with E-state index >= 15 is 0 Å². The van der Waals surface area contributed by atoms with Gasteiger partial charge in [-0.2, -0.15) is 0 Å². The van der Waals surface area contributed by atoms with E-state index in [-0.39, 0.29) is 29.6 Å². The van der Waals surface area contributed by atoms with Gasteiger partial charge in [0.2, 0.25) is 0 Å². The lowest BCUT2D eigenvalue weighted by molar-refractivity contribution is -0.133. The molecule has 0 aromatic carbocycles. The SMILES string of the molecule is C=C(C(=O)O)[C@@H]1CC[C@H](C)[C@]2(O)CC(=O)C(C)=C2C1. The third-order valence-corrected chi connectivity index (χ3v) is 4.80. The summed E-state index contributed by atoms with van der Waals surface area (Å²) in [6.07, 6.45) is 1.97. The van der Waals surface area contributed by atoms with Crippen LogP contribution in [0, 0.1) is 11.8 Å². The number of hydrogen-bond acceptors (Lipinski definition) is 3. The number of carbonyl (C=O) groups excluding carboxylic acids is 1. The van der Waals surface area contributed by atoms with Crippen molar-refractivity contribution in [3.8, 4) is 0 Å². The molecule has 0 spiro atoms. The average Bonchev–Trinajstić information content (AvgIpc) is 2.48. The molecule has 4 nitrogen and oxygen atoms in total. The lowest BCUT2D eigenvalue weighted by Gasteiger charge is -2.30. The summed E-state index contributed by atoms with van der Waals surface area (Å²) >= 11 is 0. The predicted molar refractivity (Wildman–Crippen MR) is 70.6 cm³/mol. The smallest absolute Gasteiger partial charge is 0.331 e. The van der Waals surface area contributed by atoms with Crippen LogP contribution in [0.25, 0.3) is 0 Å². The Bertz CT molecular complexity index is 488. The first kappa shape index (κ1) is 14.0. The number of allylic oxidation sites excluding steroid dienone is 1. The number of aliphatic carboxylic acids is 1. The van der Waals surface area contributed by atoms with Gasteiger partial charge in [-0.25, -0.2) is 4.79 Å². The fraction of sp³-hybridized carbons (Fsp3) is 0.600. The van der Waals surface area contributed by atoms with E-state index in [0.717, 1.165) is 5.57 Å². The second-order valence-electron chi connectivity index (χ2n) is 5.84. The van der Waals surface area contributed by atoms with Crippen molar-refractivity contribution in [2.75, 3.05) is 0 Å². The van der Waals surface area contributed by atoms with Crippen molar-refractivity contribution in [2.24, 2.45) is 11.8 Å². The van der Waals surface area contributed by atoms with E-state index in [2.05, 4.69) is 6.58 Å². The van der Waals surface area contributed by atoms with Crippen molar-refractivity contribution >= 4 is 11.8 Å². The lowest BCUT2D eigenvalue weighted by Crippen LogP contribution is -2.36. The van der Waals surface area contributed by atoms with E-state index < -0.39 is 11.6 Å². The van der Waals surface area contributed by atoms with Crippen LogP contribution in [-0.2, 0) is 9.59 Å². The van der Waals surface area contributed by atoms with Crippen LogP contribution in [0.5, 0.6) is 0 Å². The highest BCUT2D eigenvalue weighted by Crippen LogP contribution is 2.47. The van der Waals surface area contributed by atoms with Gasteiger partial charge in [0.05, 0.1) is 5.60 Å². The van der Waals surface area contributed by atoms with E-state index in [0.29, 0.717) is 24.8 Å². The first-order chi connectivity index (χ1) is 8.77. The van der Waals surface area contributed by atoms with Crippen LogP contribution in [0.15, 0.2) is 23.3 Å². The molecule has 19 heavy (non-hydrogen) atoms. The lowest BCUT2D eigenvalue weighted by atomic mass is 9.81. The minimum atomic E-state index is -1.07. The molecule has 3 atom stereocenters. The van der Waals surface area contributed by atoms with E-state index in [9.17, 15) is 14.7 Å². The quantitative estimate of drug-likeness (QED) is 0.749. The first-order valence-electron chi connectivity index (χ1n) is 6.65. The van der Waals surface area contributed by atoms with Gasteiger partial charge in [-0.15, -0.1) is 0 Å². The largest absolute Gasteiger partial charge is 0.478 e. The molecular weight excluding hydrogens is 244 g/mol. The number of aliphatic hydroxyl groups is 1. The summed E-state index contributed by atoms with van der Waals surface area (Å²) in [5, 5.41) is 19.9. The number of Topliss-reactive ketones (excluding diaryl/α,β-unsaturated/α-hetero) is 1. The Balaban J connectivity index is 2.39. The molecule has 4 heteroatoms. The van der Waals surface area contributed by atoms with Crippen LogP contribution in [0.4, 0.5) is 0 Å². The molecule has 0 bridgehead atoms. The molecule has 0 saturated heterocycles. The van der Waals surface area contributed by atoms with E-state index in [1.54, 1.807) is 6.92 Å². The minimum absolute atomic E-state index is 0.0223. The summed E-state index contributed by atoms with van der Waals surface area (Å²) in [5.41, 5.74) is 0.444. The summed E-state index contributed by atoms with van der Waals surface area (Å²) in [6, 6.07) is 0. The van der Waals surface area contributed by atoms with E-state index in [1.807, 2.05) is 6.92 Å². The molecule has 0 aromatic rings. The molecule has 104 valence electrons. The number of rotatable bonds is 2. The highest BCUT2D eigenvalue weighted by atomic mass is 16.4. The molecule has 1 saturated carbocycles. The molecule has 2 aliphatic carbocycles. The van der Waals surface area contributed by atoms with Gasteiger partial charge >= 0.3 is 5.97 Å². The number of carboxylic acid groups (broad SMARTS) is 1. The maximum atomic E-state index is 11.9. The highest BCUT2D eigenvalue weighted by molar-refractivity contribution is 6.00. The van der Waals surface area contributed by atoms with Crippen molar-refractivity contribution in [1.29, 1.82) is 0 Å². The molecule has 0 amide bonds. The molecule has 0 unspecified atom stereocenters. The van der Waals surface area contributed by atoms with Gasteiger partial charge in [0.1, 0.15) is 0 Å². The van der Waals surface area contributed by atoms with Crippen LogP contribution in [0.1, 0.15) is 39.5 Å². The van der Waals surface area contributed by atoms with Crippen LogP contribution >= 0.6 is 0 Å². The average molecular weight is 264 g/mol. The van der Waals surface area contributed by atoms with Gasteiger partial charge in [0.25, 0.3) is 0 Å². The monoisotopic (exact) mass is 264 g/mol. The Labute approximate surface area is 112 Å². The maximum Gasteiger partial charge on any atom is 0.331 e. The second kappa shape index (κ2) is 4.60. The Morgan fingerprint density at radius 2 is 2.05 bits per heavy atom. The van der Waals surface area contributed by atoms with Gasteiger partial charge in [-0.1, -0.05) is 13.5 Å². The van der Waals surface area contributed by atoms with E-state index in [1.165, 1.54) is 0 Å². The Hall–Kier alpha value is -1.42. The van der Waals surface area contributed by atoms with Gasteiger partial charge in [0, 0.05) is 12.0 Å². The number of carboxylic acids is 1. The zero-order valence-electron chi connectivity index (χ0n) is 11.4. The highest BCUT2D eigenvalue weighted by Gasteiger charge is 2.48. The molecule has 1 fully saturated rings. The summed E-state index contributed by atoms with van der Waals surface area (Å²) in [4.78, 5) is 22.9. The Morgan fingerprint density at radius 3 is 2.63 bits per heavy atom. The Morgan fingerprint density at radius 1 is 1.42 bits per heavy atom. The summed E-state index contributed by atoms with van der Waals surface area (Å²) in [7, 11) is 0. The number of hydrogen-bond donors (Lipinski definition) is 2. The third-order valence-electron chi connectivity index (χ3n) is 4.80. The molecule has 0 aliphatic heterocycles. The first-order valence-corrected chi connectivity index (χ1v) is 6.65. The zero-order valence-corrected chi connectivity index (χ0v) is 11.4. The van der Waals surface area contributed by atoms with Crippen molar-refractivity contribution in [2.45, 2.75) is 45.1 Å². The van der Waals surface area contributed by atoms with Crippen LogP contribution in [0.3, 0.4) is 0 Å². The summed E-state index contributed by atoms with van der Waals surface area (Å²) in [5.74, 6) is -1.24. The van der Waals surface area contributed by atoms with Crippen molar-refractivity contribution in [1.82, 2.24) is 0 Å². The molecule has 2 rings (SSSR count). The fourth-order valence-electron chi connectivity index (χ4n) is 3.29. The predicted octanol–water partition coefficient (Wildman–Crippen LogP) is 2.08.